The van der Waals surface area contributed by atoms with Crippen LogP contribution in [0.3, 0.4) is 0 Å². The Hall–Kier alpha value is -2.69. The molecule has 5 nitrogen and oxygen atoms in total. The summed E-state index contributed by atoms with van der Waals surface area (Å²) < 4.78 is 16.7. The number of methoxy groups -OCH3 is 1. The van der Waals surface area contributed by atoms with Crippen LogP contribution in [0.25, 0.3) is 0 Å². The van der Waals surface area contributed by atoms with Gasteiger partial charge in [-0.25, -0.2) is 0 Å². The molecule has 2 aromatic rings. The number of ether oxygens (including phenoxy) is 3. The molecule has 0 saturated heterocycles. The molecule has 2 aromatic carbocycles. The second-order valence-electron chi connectivity index (χ2n) is 6.77. The highest BCUT2D eigenvalue weighted by Gasteiger charge is 2.15. The highest BCUT2D eigenvalue weighted by Crippen LogP contribution is 2.28. The SMILES string of the molecule is CCOc1ccc(CCCNC(=O)C(C)Oc2cccc(C)c2C)cc1OC. The van der Waals surface area contributed by atoms with Gasteiger partial charge in [0.2, 0.25) is 0 Å². The highest BCUT2D eigenvalue weighted by atomic mass is 16.5. The van der Waals surface area contributed by atoms with E-state index < -0.39 is 6.10 Å². The number of aryl methyl sites for hydroxylation is 2. The summed E-state index contributed by atoms with van der Waals surface area (Å²) in [5.41, 5.74) is 3.36. The van der Waals surface area contributed by atoms with Crippen LogP contribution >= 0.6 is 0 Å². The first kappa shape index (κ1) is 21.6. The molecule has 1 amide bonds. The third-order valence-electron chi connectivity index (χ3n) is 4.70. The predicted octanol–water partition coefficient (Wildman–Crippen LogP) is 4.23. The standard InChI is InChI=1S/C23H31NO4/c1-6-27-21-13-12-19(15-22(21)26-5)10-8-14-24-23(25)18(4)28-20-11-7-9-16(2)17(20)3/h7,9,11-13,15,18H,6,8,10,14H2,1-5H3,(H,24,25). The van der Waals surface area contributed by atoms with Gasteiger partial charge in [-0.15, -0.1) is 0 Å². The number of carbonyl (C=O) groups excluding carboxylic acids is 1. The largest absolute Gasteiger partial charge is 0.493 e. The Balaban J connectivity index is 1.79. The van der Waals surface area contributed by atoms with Gasteiger partial charge in [-0.3, -0.25) is 4.79 Å². The Kier molecular flexibility index (Phi) is 8.18. The molecule has 1 atom stereocenters. The van der Waals surface area contributed by atoms with Gasteiger partial charge in [0.15, 0.2) is 17.6 Å². The van der Waals surface area contributed by atoms with Gasteiger partial charge in [0.1, 0.15) is 5.75 Å². The number of hydrogen-bond donors (Lipinski definition) is 1. The molecular weight excluding hydrogens is 354 g/mol. The minimum atomic E-state index is -0.536. The summed E-state index contributed by atoms with van der Waals surface area (Å²) in [6, 6.07) is 11.8. The van der Waals surface area contributed by atoms with Crippen LogP contribution in [0.2, 0.25) is 0 Å². The van der Waals surface area contributed by atoms with E-state index in [1.54, 1.807) is 14.0 Å². The zero-order valence-electron chi connectivity index (χ0n) is 17.5. The van der Waals surface area contributed by atoms with Gasteiger partial charge in [-0.1, -0.05) is 18.2 Å². The third-order valence-corrected chi connectivity index (χ3v) is 4.70. The average Bonchev–Trinajstić information content (AvgIpc) is 2.69. The van der Waals surface area contributed by atoms with Crippen molar-refractivity contribution in [3.8, 4) is 17.2 Å². The quantitative estimate of drug-likeness (QED) is 0.622. The topological polar surface area (TPSA) is 56.8 Å². The fourth-order valence-corrected chi connectivity index (χ4v) is 2.89. The molecule has 5 heteroatoms. The molecule has 0 fully saturated rings. The van der Waals surface area contributed by atoms with Crippen molar-refractivity contribution in [2.75, 3.05) is 20.3 Å². The second kappa shape index (κ2) is 10.6. The fourth-order valence-electron chi connectivity index (χ4n) is 2.89. The first-order valence-corrected chi connectivity index (χ1v) is 9.76. The maximum Gasteiger partial charge on any atom is 0.260 e. The van der Waals surface area contributed by atoms with Gasteiger partial charge in [0.05, 0.1) is 13.7 Å². The predicted molar refractivity (Wildman–Crippen MR) is 111 cm³/mol. The number of benzene rings is 2. The summed E-state index contributed by atoms with van der Waals surface area (Å²) >= 11 is 0. The van der Waals surface area contributed by atoms with Gasteiger partial charge in [-0.2, -0.15) is 0 Å². The highest BCUT2D eigenvalue weighted by molar-refractivity contribution is 5.80. The van der Waals surface area contributed by atoms with Gasteiger partial charge >= 0.3 is 0 Å². The van der Waals surface area contributed by atoms with E-state index in [9.17, 15) is 4.79 Å². The van der Waals surface area contributed by atoms with Crippen LogP contribution in [0, 0.1) is 13.8 Å². The summed E-state index contributed by atoms with van der Waals surface area (Å²) in [5, 5.41) is 2.95. The van der Waals surface area contributed by atoms with Crippen LogP contribution in [-0.4, -0.2) is 32.3 Å². The van der Waals surface area contributed by atoms with Gasteiger partial charge in [-0.05, 0) is 75.4 Å². The molecule has 152 valence electrons. The van der Waals surface area contributed by atoms with Crippen LogP contribution in [0.5, 0.6) is 17.2 Å². The van der Waals surface area contributed by atoms with Crippen molar-refractivity contribution in [2.45, 2.75) is 46.6 Å². The number of rotatable bonds is 10. The normalized spacial score (nSPS) is 11.6. The van der Waals surface area contributed by atoms with Crippen molar-refractivity contribution < 1.29 is 19.0 Å². The number of hydrogen-bond acceptors (Lipinski definition) is 4. The van der Waals surface area contributed by atoms with E-state index in [2.05, 4.69) is 5.32 Å². The summed E-state index contributed by atoms with van der Waals surface area (Å²) in [5.74, 6) is 2.13. The van der Waals surface area contributed by atoms with E-state index in [0.29, 0.717) is 13.2 Å². The Bertz CT molecular complexity index is 788. The van der Waals surface area contributed by atoms with Crippen molar-refractivity contribution in [1.29, 1.82) is 0 Å². The molecule has 0 bridgehead atoms. The smallest absolute Gasteiger partial charge is 0.260 e. The molecule has 0 saturated carbocycles. The van der Waals surface area contributed by atoms with E-state index >= 15 is 0 Å². The van der Waals surface area contributed by atoms with E-state index in [0.717, 1.165) is 46.8 Å². The summed E-state index contributed by atoms with van der Waals surface area (Å²) in [6.07, 6.45) is 1.14. The molecule has 1 unspecified atom stereocenters. The van der Waals surface area contributed by atoms with E-state index in [4.69, 9.17) is 14.2 Å². The van der Waals surface area contributed by atoms with E-state index in [1.165, 1.54) is 0 Å². The lowest BCUT2D eigenvalue weighted by molar-refractivity contribution is -0.127. The molecular formula is C23H31NO4. The molecule has 0 spiro atoms. The van der Waals surface area contributed by atoms with Gasteiger partial charge in [0, 0.05) is 6.54 Å². The second-order valence-corrected chi connectivity index (χ2v) is 6.77. The Morgan fingerprint density at radius 2 is 1.89 bits per heavy atom. The molecule has 0 aromatic heterocycles. The number of carbonyl (C=O) groups is 1. The Morgan fingerprint density at radius 3 is 2.61 bits per heavy atom. The first-order chi connectivity index (χ1) is 13.5. The maximum atomic E-state index is 12.3. The minimum Gasteiger partial charge on any atom is -0.493 e. The van der Waals surface area contributed by atoms with Crippen LogP contribution in [0.1, 0.15) is 37.0 Å². The van der Waals surface area contributed by atoms with E-state index in [1.807, 2.05) is 57.2 Å². The number of amides is 1. The average molecular weight is 386 g/mol. The van der Waals surface area contributed by atoms with E-state index in [-0.39, 0.29) is 5.91 Å². The molecule has 0 aliphatic heterocycles. The molecule has 28 heavy (non-hydrogen) atoms. The van der Waals surface area contributed by atoms with Crippen LogP contribution < -0.4 is 19.5 Å². The lowest BCUT2D eigenvalue weighted by Crippen LogP contribution is -2.37. The molecule has 0 heterocycles. The van der Waals surface area contributed by atoms with Crippen molar-refractivity contribution >= 4 is 5.91 Å². The van der Waals surface area contributed by atoms with Crippen LogP contribution in [0.15, 0.2) is 36.4 Å². The Morgan fingerprint density at radius 1 is 1.11 bits per heavy atom. The van der Waals surface area contributed by atoms with Crippen LogP contribution in [-0.2, 0) is 11.2 Å². The molecule has 0 radical (unpaired) electrons. The summed E-state index contributed by atoms with van der Waals surface area (Å²) in [4.78, 5) is 12.3. The minimum absolute atomic E-state index is 0.106. The van der Waals surface area contributed by atoms with Crippen molar-refractivity contribution in [2.24, 2.45) is 0 Å². The third kappa shape index (κ3) is 5.91. The summed E-state index contributed by atoms with van der Waals surface area (Å²) in [7, 11) is 1.64. The lowest BCUT2D eigenvalue weighted by atomic mass is 10.1. The fraction of sp³-hybridized carbons (Fsp3) is 0.435. The van der Waals surface area contributed by atoms with Gasteiger partial charge in [0.25, 0.3) is 5.91 Å². The lowest BCUT2D eigenvalue weighted by Gasteiger charge is -2.17. The van der Waals surface area contributed by atoms with Crippen LogP contribution in [0.4, 0.5) is 0 Å². The molecule has 0 aliphatic carbocycles. The van der Waals surface area contributed by atoms with Crippen molar-refractivity contribution in [3.05, 3.63) is 53.1 Å². The van der Waals surface area contributed by atoms with Gasteiger partial charge < -0.3 is 19.5 Å². The monoisotopic (exact) mass is 385 g/mol. The Labute approximate surface area is 168 Å². The van der Waals surface area contributed by atoms with Crippen molar-refractivity contribution in [1.82, 2.24) is 5.32 Å². The van der Waals surface area contributed by atoms with Crippen molar-refractivity contribution in [3.63, 3.8) is 0 Å². The zero-order valence-corrected chi connectivity index (χ0v) is 17.5. The first-order valence-electron chi connectivity index (χ1n) is 9.76. The zero-order chi connectivity index (χ0) is 20.5. The molecule has 2 rings (SSSR count). The summed E-state index contributed by atoms with van der Waals surface area (Å²) in [6.45, 7) is 8.94. The maximum absolute atomic E-state index is 12.3. The molecule has 1 N–H and O–H groups in total. The molecule has 0 aliphatic rings. The number of nitrogens with one attached hydrogen (secondary N) is 1.